The van der Waals surface area contributed by atoms with E-state index in [1.165, 1.54) is 12.1 Å². The number of hydrogen-bond donors (Lipinski definition) is 2. The van der Waals surface area contributed by atoms with Crippen LogP contribution < -0.4 is 11.2 Å². The van der Waals surface area contributed by atoms with Crippen molar-refractivity contribution in [3.63, 3.8) is 0 Å². The van der Waals surface area contributed by atoms with Gasteiger partial charge < -0.3 is 10.1 Å². The summed E-state index contributed by atoms with van der Waals surface area (Å²) in [5.41, 5.74) is -1.43. The number of aromatic nitrogens is 2. The fraction of sp³-hybridized carbons (Fsp3) is 0.200. The average molecular weight is 224 g/mol. The molecule has 0 spiro atoms. The number of halogens is 1. The number of para-hydroxylation sites is 1. The summed E-state index contributed by atoms with van der Waals surface area (Å²) in [4.78, 5) is 25.5. The van der Waals surface area contributed by atoms with Gasteiger partial charge in [0.25, 0.3) is 5.56 Å². The Morgan fingerprint density at radius 2 is 2.12 bits per heavy atom. The zero-order chi connectivity index (χ0) is 11.7. The Bertz CT molecular complexity index is 645. The van der Waals surface area contributed by atoms with Crippen LogP contribution in [-0.2, 0) is 6.54 Å². The zero-order valence-corrected chi connectivity index (χ0v) is 8.24. The first-order valence-electron chi connectivity index (χ1n) is 4.67. The van der Waals surface area contributed by atoms with Gasteiger partial charge in [0.15, 0.2) is 0 Å². The molecular weight excluding hydrogens is 215 g/mol. The third kappa shape index (κ3) is 1.53. The molecule has 2 rings (SSSR count). The summed E-state index contributed by atoms with van der Waals surface area (Å²) in [6, 6.07) is 3.97. The van der Waals surface area contributed by atoms with Crippen LogP contribution in [-0.4, -0.2) is 21.3 Å². The fourth-order valence-electron chi connectivity index (χ4n) is 1.54. The molecule has 0 aliphatic carbocycles. The topological polar surface area (TPSA) is 75.1 Å². The Morgan fingerprint density at radius 3 is 2.81 bits per heavy atom. The Kier molecular flexibility index (Phi) is 2.57. The molecule has 1 aromatic carbocycles. The molecule has 0 amide bonds. The standard InChI is InChI=1S/C10H9FN2O3/c11-7-3-1-2-6-8(7)12-10(16)13(4-5-14)9(6)15/h1-3,14H,4-5H2,(H,12,16). The Hall–Kier alpha value is -1.95. The van der Waals surface area contributed by atoms with Gasteiger partial charge in [-0.2, -0.15) is 0 Å². The highest BCUT2D eigenvalue weighted by atomic mass is 19.1. The van der Waals surface area contributed by atoms with Gasteiger partial charge in [-0.05, 0) is 12.1 Å². The molecule has 16 heavy (non-hydrogen) atoms. The number of H-pyrrole nitrogens is 1. The second-order valence-electron chi connectivity index (χ2n) is 3.27. The van der Waals surface area contributed by atoms with Gasteiger partial charge in [0.1, 0.15) is 5.82 Å². The molecule has 2 aromatic rings. The summed E-state index contributed by atoms with van der Waals surface area (Å²) in [6.07, 6.45) is 0. The van der Waals surface area contributed by atoms with E-state index in [-0.39, 0.29) is 24.1 Å². The van der Waals surface area contributed by atoms with Gasteiger partial charge in [-0.3, -0.25) is 9.36 Å². The van der Waals surface area contributed by atoms with Gasteiger partial charge >= 0.3 is 5.69 Å². The summed E-state index contributed by atoms with van der Waals surface area (Å²) in [7, 11) is 0. The number of aromatic amines is 1. The minimum Gasteiger partial charge on any atom is -0.395 e. The lowest BCUT2D eigenvalue weighted by atomic mass is 10.2. The van der Waals surface area contributed by atoms with Crippen LogP contribution >= 0.6 is 0 Å². The molecule has 0 saturated carbocycles. The maximum absolute atomic E-state index is 13.3. The molecule has 0 aliphatic heterocycles. The number of nitrogens with one attached hydrogen (secondary N) is 1. The number of fused-ring (bicyclic) bond motifs is 1. The van der Waals surface area contributed by atoms with Crippen LogP contribution in [0, 0.1) is 5.82 Å². The predicted molar refractivity (Wildman–Crippen MR) is 55.9 cm³/mol. The molecule has 0 unspecified atom stereocenters. The van der Waals surface area contributed by atoms with E-state index >= 15 is 0 Å². The van der Waals surface area contributed by atoms with E-state index in [0.717, 1.165) is 10.6 Å². The van der Waals surface area contributed by atoms with Crippen LogP contribution in [0.5, 0.6) is 0 Å². The van der Waals surface area contributed by atoms with E-state index in [1.807, 2.05) is 0 Å². The molecular formula is C10H9FN2O3. The minimum atomic E-state index is -0.725. The van der Waals surface area contributed by atoms with Crippen molar-refractivity contribution < 1.29 is 9.50 Å². The molecule has 0 bridgehead atoms. The molecule has 0 aliphatic rings. The number of aliphatic hydroxyl groups is 1. The van der Waals surface area contributed by atoms with Crippen molar-refractivity contribution in [3.8, 4) is 0 Å². The van der Waals surface area contributed by atoms with Crippen LogP contribution in [0.4, 0.5) is 4.39 Å². The van der Waals surface area contributed by atoms with Crippen LogP contribution in [0.15, 0.2) is 27.8 Å². The highest BCUT2D eigenvalue weighted by molar-refractivity contribution is 5.77. The molecule has 5 nitrogen and oxygen atoms in total. The third-order valence-corrected chi connectivity index (χ3v) is 2.29. The maximum Gasteiger partial charge on any atom is 0.328 e. The Labute approximate surface area is 88.8 Å². The van der Waals surface area contributed by atoms with Crippen molar-refractivity contribution >= 4 is 10.9 Å². The monoisotopic (exact) mass is 224 g/mol. The molecule has 2 N–H and O–H groups in total. The summed E-state index contributed by atoms with van der Waals surface area (Å²) < 4.78 is 14.1. The van der Waals surface area contributed by atoms with Crippen LogP contribution in [0.2, 0.25) is 0 Å². The molecule has 1 heterocycles. The third-order valence-electron chi connectivity index (χ3n) is 2.29. The molecule has 0 radical (unpaired) electrons. The minimum absolute atomic E-state index is 0.0908. The fourth-order valence-corrected chi connectivity index (χ4v) is 1.54. The highest BCUT2D eigenvalue weighted by Gasteiger charge is 2.09. The molecule has 0 atom stereocenters. The van der Waals surface area contributed by atoms with E-state index in [0.29, 0.717) is 0 Å². The SMILES string of the molecule is O=c1[nH]c2c(F)cccc2c(=O)n1CCO. The van der Waals surface area contributed by atoms with Gasteiger partial charge in [0.2, 0.25) is 0 Å². The van der Waals surface area contributed by atoms with E-state index in [4.69, 9.17) is 5.11 Å². The summed E-state index contributed by atoms with van der Waals surface area (Å²) in [5, 5.41) is 8.80. The summed E-state index contributed by atoms with van der Waals surface area (Å²) in [6.45, 7) is -0.440. The number of benzene rings is 1. The Morgan fingerprint density at radius 1 is 1.38 bits per heavy atom. The van der Waals surface area contributed by atoms with Crippen LogP contribution in [0.3, 0.4) is 0 Å². The summed E-state index contributed by atoms with van der Waals surface area (Å²) >= 11 is 0. The van der Waals surface area contributed by atoms with Gasteiger partial charge in [-0.25, -0.2) is 9.18 Å². The van der Waals surface area contributed by atoms with E-state index in [1.54, 1.807) is 0 Å². The van der Waals surface area contributed by atoms with E-state index in [9.17, 15) is 14.0 Å². The molecule has 84 valence electrons. The van der Waals surface area contributed by atoms with Crippen LogP contribution in [0.25, 0.3) is 10.9 Å². The summed E-state index contributed by atoms with van der Waals surface area (Å²) in [5.74, 6) is -0.650. The van der Waals surface area contributed by atoms with Crippen molar-refractivity contribution in [1.82, 2.24) is 9.55 Å². The molecule has 6 heteroatoms. The maximum atomic E-state index is 13.3. The average Bonchev–Trinajstić information content (AvgIpc) is 2.26. The number of rotatable bonds is 2. The van der Waals surface area contributed by atoms with Crippen molar-refractivity contribution in [2.24, 2.45) is 0 Å². The second kappa shape index (κ2) is 3.90. The van der Waals surface area contributed by atoms with Gasteiger partial charge in [0, 0.05) is 0 Å². The molecule has 1 aromatic heterocycles. The molecule has 0 fully saturated rings. The van der Waals surface area contributed by atoms with Crippen molar-refractivity contribution in [2.45, 2.75) is 6.54 Å². The quantitative estimate of drug-likeness (QED) is 0.743. The highest BCUT2D eigenvalue weighted by Crippen LogP contribution is 2.09. The Balaban J connectivity index is 2.90. The van der Waals surface area contributed by atoms with Crippen molar-refractivity contribution in [1.29, 1.82) is 0 Å². The van der Waals surface area contributed by atoms with E-state index < -0.39 is 17.1 Å². The number of aliphatic hydroxyl groups excluding tert-OH is 1. The first-order chi connectivity index (χ1) is 7.65. The largest absolute Gasteiger partial charge is 0.395 e. The van der Waals surface area contributed by atoms with E-state index in [2.05, 4.69) is 4.98 Å². The first kappa shape index (κ1) is 10.6. The van der Waals surface area contributed by atoms with Crippen LogP contribution in [0.1, 0.15) is 0 Å². The van der Waals surface area contributed by atoms with Crippen molar-refractivity contribution in [3.05, 3.63) is 44.9 Å². The smallest absolute Gasteiger partial charge is 0.328 e. The zero-order valence-electron chi connectivity index (χ0n) is 8.24. The number of hydrogen-bond acceptors (Lipinski definition) is 3. The predicted octanol–water partition coefficient (Wildman–Crippen LogP) is -0.179. The van der Waals surface area contributed by atoms with Gasteiger partial charge in [0.05, 0.1) is 24.1 Å². The number of nitrogens with zero attached hydrogens (tertiary/aromatic N) is 1. The van der Waals surface area contributed by atoms with Crippen molar-refractivity contribution in [2.75, 3.05) is 6.61 Å². The molecule has 0 saturated heterocycles. The van der Waals surface area contributed by atoms with Gasteiger partial charge in [-0.15, -0.1) is 0 Å². The second-order valence-corrected chi connectivity index (χ2v) is 3.27. The lowest BCUT2D eigenvalue weighted by Gasteiger charge is -2.04. The normalized spacial score (nSPS) is 10.9. The lowest BCUT2D eigenvalue weighted by Crippen LogP contribution is -2.36. The lowest BCUT2D eigenvalue weighted by molar-refractivity contribution is 0.272. The first-order valence-corrected chi connectivity index (χ1v) is 4.67. The van der Waals surface area contributed by atoms with Gasteiger partial charge in [-0.1, -0.05) is 6.07 Å².